The minimum atomic E-state index is 0.293. The van der Waals surface area contributed by atoms with Crippen molar-refractivity contribution in [2.45, 2.75) is 18.6 Å². The molecule has 100 valence electrons. The lowest BCUT2D eigenvalue weighted by Crippen LogP contribution is -2.40. The molecule has 1 fully saturated rings. The molecule has 0 aliphatic carbocycles. The molecular weight excluding hydrogens is 248 g/mol. The van der Waals surface area contributed by atoms with Crippen LogP contribution in [0.3, 0.4) is 0 Å². The van der Waals surface area contributed by atoms with Crippen molar-refractivity contribution in [3.8, 4) is 0 Å². The van der Waals surface area contributed by atoms with E-state index >= 15 is 0 Å². The summed E-state index contributed by atoms with van der Waals surface area (Å²) in [7, 11) is 4.21. The number of nitrogens with zero attached hydrogens (tertiary/aromatic N) is 1. The van der Waals surface area contributed by atoms with E-state index in [1.807, 2.05) is 12.1 Å². The zero-order chi connectivity index (χ0) is 13.0. The number of hydrogen-bond acceptors (Lipinski definition) is 3. The van der Waals surface area contributed by atoms with Gasteiger partial charge in [-0.15, -0.1) is 0 Å². The van der Waals surface area contributed by atoms with Crippen LogP contribution < -0.4 is 5.32 Å². The van der Waals surface area contributed by atoms with Crippen LogP contribution in [-0.4, -0.2) is 44.8 Å². The molecule has 4 heteroatoms. The highest BCUT2D eigenvalue weighted by Crippen LogP contribution is 2.26. The minimum Gasteiger partial charge on any atom is -0.376 e. The highest BCUT2D eigenvalue weighted by atomic mass is 35.5. The van der Waals surface area contributed by atoms with Crippen LogP contribution in [0.2, 0.25) is 5.02 Å². The molecule has 1 heterocycles. The quantitative estimate of drug-likeness (QED) is 0.907. The number of rotatable bonds is 4. The van der Waals surface area contributed by atoms with E-state index in [0.29, 0.717) is 12.1 Å². The zero-order valence-corrected chi connectivity index (χ0v) is 11.8. The predicted octanol–water partition coefficient (Wildman–Crippen LogP) is 2.32. The lowest BCUT2D eigenvalue weighted by atomic mass is 9.99. The molecule has 0 aromatic heterocycles. The van der Waals surface area contributed by atoms with Crippen molar-refractivity contribution in [3.63, 3.8) is 0 Å². The molecule has 2 atom stereocenters. The van der Waals surface area contributed by atoms with Gasteiger partial charge < -0.3 is 15.0 Å². The number of hydrogen-bond donors (Lipinski definition) is 1. The molecule has 0 saturated carbocycles. The minimum absolute atomic E-state index is 0.293. The van der Waals surface area contributed by atoms with Crippen molar-refractivity contribution in [1.29, 1.82) is 0 Å². The molecule has 1 aromatic rings. The van der Waals surface area contributed by atoms with Crippen LogP contribution in [0.5, 0.6) is 0 Å². The maximum Gasteiger partial charge on any atom is 0.0718 e. The molecule has 0 spiro atoms. The van der Waals surface area contributed by atoms with Gasteiger partial charge in [-0.3, -0.25) is 0 Å². The summed E-state index contributed by atoms with van der Waals surface area (Å²) in [6, 6.07) is 8.47. The first-order valence-electron chi connectivity index (χ1n) is 6.41. The molecule has 1 aliphatic heterocycles. The SMILES string of the molecule is CN(C)C(CC1CNCCO1)c1ccc(Cl)cc1. The summed E-state index contributed by atoms with van der Waals surface area (Å²) in [6.07, 6.45) is 1.29. The fraction of sp³-hybridized carbons (Fsp3) is 0.571. The van der Waals surface area contributed by atoms with E-state index in [1.165, 1.54) is 5.56 Å². The molecule has 18 heavy (non-hydrogen) atoms. The Kier molecular flexibility index (Phi) is 5.01. The van der Waals surface area contributed by atoms with Crippen molar-refractivity contribution in [2.75, 3.05) is 33.8 Å². The maximum absolute atomic E-state index is 5.94. The second-order valence-corrected chi connectivity index (χ2v) is 5.40. The van der Waals surface area contributed by atoms with E-state index < -0.39 is 0 Å². The number of ether oxygens (including phenoxy) is 1. The molecule has 1 N–H and O–H groups in total. The van der Waals surface area contributed by atoms with Gasteiger partial charge >= 0.3 is 0 Å². The summed E-state index contributed by atoms with van der Waals surface area (Å²) in [5, 5.41) is 4.16. The van der Waals surface area contributed by atoms with Gasteiger partial charge in [0.15, 0.2) is 0 Å². The Hall–Kier alpha value is -0.610. The van der Waals surface area contributed by atoms with E-state index in [4.69, 9.17) is 16.3 Å². The summed E-state index contributed by atoms with van der Waals surface area (Å²) in [6.45, 7) is 2.72. The first kappa shape index (κ1) is 13.8. The third-order valence-electron chi connectivity index (χ3n) is 3.37. The smallest absolute Gasteiger partial charge is 0.0718 e. The van der Waals surface area contributed by atoms with Crippen molar-refractivity contribution in [2.24, 2.45) is 0 Å². The van der Waals surface area contributed by atoms with Gasteiger partial charge in [0.2, 0.25) is 0 Å². The summed E-state index contributed by atoms with van der Waals surface area (Å²) >= 11 is 5.94. The average molecular weight is 269 g/mol. The average Bonchev–Trinajstić information content (AvgIpc) is 2.38. The van der Waals surface area contributed by atoms with Gasteiger partial charge in [-0.25, -0.2) is 0 Å². The molecule has 0 bridgehead atoms. The monoisotopic (exact) mass is 268 g/mol. The lowest BCUT2D eigenvalue weighted by molar-refractivity contribution is 0.00894. The Balaban J connectivity index is 2.05. The second-order valence-electron chi connectivity index (χ2n) is 4.96. The third kappa shape index (κ3) is 3.69. The molecule has 0 radical (unpaired) electrons. The topological polar surface area (TPSA) is 24.5 Å². The number of morpholine rings is 1. The summed E-state index contributed by atoms with van der Waals surface area (Å²) in [5.41, 5.74) is 1.29. The Morgan fingerprint density at radius 2 is 2.11 bits per heavy atom. The summed E-state index contributed by atoms with van der Waals surface area (Å²) in [5.74, 6) is 0. The first-order chi connectivity index (χ1) is 8.66. The van der Waals surface area contributed by atoms with Crippen LogP contribution in [0.15, 0.2) is 24.3 Å². The largest absolute Gasteiger partial charge is 0.376 e. The summed E-state index contributed by atoms with van der Waals surface area (Å²) < 4.78 is 5.79. The fourth-order valence-electron chi connectivity index (χ4n) is 2.35. The van der Waals surface area contributed by atoms with Gasteiger partial charge in [0, 0.05) is 24.2 Å². The molecule has 1 aromatic carbocycles. The predicted molar refractivity (Wildman–Crippen MR) is 75.1 cm³/mol. The third-order valence-corrected chi connectivity index (χ3v) is 3.62. The van der Waals surface area contributed by atoms with Gasteiger partial charge in [0.05, 0.1) is 12.7 Å². The van der Waals surface area contributed by atoms with Crippen LogP contribution >= 0.6 is 11.6 Å². The number of halogens is 1. The molecule has 0 amide bonds. The Morgan fingerprint density at radius 3 is 2.67 bits per heavy atom. The fourth-order valence-corrected chi connectivity index (χ4v) is 2.48. The Labute approximate surface area is 114 Å². The molecule has 1 aliphatic rings. The van der Waals surface area contributed by atoms with Crippen molar-refractivity contribution in [3.05, 3.63) is 34.9 Å². The van der Waals surface area contributed by atoms with E-state index in [-0.39, 0.29) is 0 Å². The normalized spacial score (nSPS) is 22.1. The van der Waals surface area contributed by atoms with E-state index in [2.05, 4.69) is 36.4 Å². The van der Waals surface area contributed by atoms with Crippen LogP contribution in [0, 0.1) is 0 Å². The van der Waals surface area contributed by atoms with Crippen LogP contribution in [-0.2, 0) is 4.74 Å². The van der Waals surface area contributed by atoms with Crippen molar-refractivity contribution in [1.82, 2.24) is 10.2 Å². The highest BCUT2D eigenvalue weighted by Gasteiger charge is 2.22. The van der Waals surface area contributed by atoms with Crippen molar-refractivity contribution < 1.29 is 4.74 Å². The first-order valence-corrected chi connectivity index (χ1v) is 6.79. The second kappa shape index (κ2) is 6.53. The molecule has 1 saturated heterocycles. The van der Waals surface area contributed by atoms with Gasteiger partial charge in [0.25, 0.3) is 0 Å². The van der Waals surface area contributed by atoms with Gasteiger partial charge in [-0.1, -0.05) is 23.7 Å². The zero-order valence-electron chi connectivity index (χ0n) is 11.0. The standard InChI is InChI=1S/C14H21ClN2O/c1-17(2)14(9-13-10-16-7-8-18-13)11-3-5-12(15)6-4-11/h3-6,13-14,16H,7-10H2,1-2H3. The highest BCUT2D eigenvalue weighted by molar-refractivity contribution is 6.30. The van der Waals surface area contributed by atoms with Crippen molar-refractivity contribution >= 4 is 11.6 Å². The van der Waals surface area contributed by atoms with Gasteiger partial charge in [0.1, 0.15) is 0 Å². The van der Waals surface area contributed by atoms with Crippen LogP contribution in [0.4, 0.5) is 0 Å². The van der Waals surface area contributed by atoms with Crippen LogP contribution in [0.1, 0.15) is 18.0 Å². The van der Waals surface area contributed by atoms with E-state index in [1.54, 1.807) is 0 Å². The van der Waals surface area contributed by atoms with Gasteiger partial charge in [-0.05, 0) is 38.2 Å². The number of benzene rings is 1. The Morgan fingerprint density at radius 1 is 1.39 bits per heavy atom. The Bertz CT molecular complexity index is 361. The summed E-state index contributed by atoms with van der Waals surface area (Å²) in [4.78, 5) is 2.24. The maximum atomic E-state index is 5.94. The van der Waals surface area contributed by atoms with Crippen LogP contribution in [0.25, 0.3) is 0 Å². The molecule has 2 rings (SSSR count). The molecule has 2 unspecified atom stereocenters. The number of nitrogens with one attached hydrogen (secondary N) is 1. The molecular formula is C14H21ClN2O. The lowest BCUT2D eigenvalue weighted by Gasteiger charge is -2.31. The van der Waals surface area contributed by atoms with E-state index in [9.17, 15) is 0 Å². The molecule has 3 nitrogen and oxygen atoms in total. The van der Waals surface area contributed by atoms with Gasteiger partial charge in [-0.2, -0.15) is 0 Å². The van der Waals surface area contributed by atoms with E-state index in [0.717, 1.165) is 31.1 Å².